The molecule has 1 aromatic heterocycles. The van der Waals surface area contributed by atoms with E-state index < -0.39 is 0 Å². The van der Waals surface area contributed by atoms with Crippen LogP contribution in [0.3, 0.4) is 0 Å². The van der Waals surface area contributed by atoms with Crippen molar-refractivity contribution in [3.8, 4) is 0 Å². The Hall–Kier alpha value is -1.42. The number of fused-ring (bicyclic) bond motifs is 1. The molecule has 1 heterocycles. The minimum absolute atomic E-state index is 0.104. The second kappa shape index (κ2) is 5.92. The Labute approximate surface area is 123 Å². The molecule has 3 nitrogen and oxygen atoms in total. The molecule has 20 heavy (non-hydrogen) atoms. The summed E-state index contributed by atoms with van der Waals surface area (Å²) < 4.78 is 1.14. The Balaban J connectivity index is 1.59. The fourth-order valence-electron chi connectivity index (χ4n) is 2.90. The van der Waals surface area contributed by atoms with Crippen LogP contribution in [0.25, 0.3) is 10.2 Å². The van der Waals surface area contributed by atoms with Gasteiger partial charge in [-0.2, -0.15) is 0 Å². The second-order valence-electron chi connectivity index (χ2n) is 5.73. The van der Waals surface area contributed by atoms with Crippen LogP contribution in [0, 0.1) is 12.8 Å². The Bertz CT molecular complexity index is 614. The number of thiazole rings is 1. The Morgan fingerprint density at radius 1 is 1.40 bits per heavy atom. The maximum Gasteiger partial charge on any atom is 0.226 e. The summed E-state index contributed by atoms with van der Waals surface area (Å²) in [6.45, 7) is 2.07. The van der Waals surface area contributed by atoms with E-state index in [1.54, 1.807) is 11.3 Å². The highest BCUT2D eigenvalue weighted by atomic mass is 32.1. The largest absolute Gasteiger partial charge is 0.302 e. The molecule has 1 aromatic carbocycles. The molecule has 0 saturated heterocycles. The zero-order valence-corrected chi connectivity index (χ0v) is 12.6. The summed E-state index contributed by atoms with van der Waals surface area (Å²) >= 11 is 1.55. The summed E-state index contributed by atoms with van der Waals surface area (Å²) in [5.41, 5.74) is 2.19. The lowest BCUT2D eigenvalue weighted by Gasteiger charge is -2.07. The normalized spacial score (nSPS) is 15.8. The first-order valence-corrected chi connectivity index (χ1v) is 8.19. The highest BCUT2D eigenvalue weighted by Gasteiger charge is 2.16. The molecule has 3 rings (SSSR count). The highest BCUT2D eigenvalue weighted by Crippen LogP contribution is 2.29. The van der Waals surface area contributed by atoms with Gasteiger partial charge in [0, 0.05) is 6.42 Å². The fourth-order valence-corrected chi connectivity index (χ4v) is 3.88. The number of aryl methyl sites for hydroxylation is 1. The molecule has 0 spiro atoms. The first-order valence-electron chi connectivity index (χ1n) is 7.38. The van der Waals surface area contributed by atoms with Crippen molar-refractivity contribution in [3.63, 3.8) is 0 Å². The van der Waals surface area contributed by atoms with E-state index in [1.165, 1.54) is 31.2 Å². The van der Waals surface area contributed by atoms with E-state index in [2.05, 4.69) is 23.3 Å². The topological polar surface area (TPSA) is 42.0 Å². The minimum atomic E-state index is 0.104. The number of aromatic nitrogens is 1. The van der Waals surface area contributed by atoms with Gasteiger partial charge in [-0.15, -0.1) is 0 Å². The average Bonchev–Trinajstić information content (AvgIpc) is 3.04. The predicted octanol–water partition coefficient (Wildman–Crippen LogP) is 4.51. The fraction of sp³-hybridized carbons (Fsp3) is 0.500. The number of nitrogens with one attached hydrogen (secondary N) is 1. The summed E-state index contributed by atoms with van der Waals surface area (Å²) in [5, 5.41) is 3.67. The number of carbonyl (C=O) groups is 1. The average molecular weight is 288 g/mol. The Morgan fingerprint density at radius 3 is 3.00 bits per heavy atom. The van der Waals surface area contributed by atoms with Crippen molar-refractivity contribution in [3.05, 3.63) is 23.8 Å². The van der Waals surface area contributed by atoms with Gasteiger partial charge >= 0.3 is 0 Å². The van der Waals surface area contributed by atoms with Crippen LogP contribution in [0.1, 0.15) is 44.1 Å². The van der Waals surface area contributed by atoms with Gasteiger partial charge in [-0.3, -0.25) is 4.79 Å². The van der Waals surface area contributed by atoms with E-state index in [4.69, 9.17) is 0 Å². The van der Waals surface area contributed by atoms with E-state index in [9.17, 15) is 4.79 Å². The number of nitrogens with zero attached hydrogens (tertiary/aromatic N) is 1. The molecule has 0 radical (unpaired) electrons. The summed E-state index contributed by atoms with van der Waals surface area (Å²) in [4.78, 5) is 16.4. The van der Waals surface area contributed by atoms with Crippen LogP contribution in [0.5, 0.6) is 0 Å². The van der Waals surface area contributed by atoms with Gasteiger partial charge in [-0.1, -0.05) is 43.1 Å². The van der Waals surface area contributed by atoms with Gasteiger partial charge < -0.3 is 5.32 Å². The lowest BCUT2D eigenvalue weighted by atomic mass is 10.0. The molecule has 4 heteroatoms. The molecular formula is C16H20N2OS. The molecule has 1 saturated carbocycles. The Kier molecular flexibility index (Phi) is 4.01. The highest BCUT2D eigenvalue weighted by molar-refractivity contribution is 7.22. The first kappa shape index (κ1) is 13.6. The number of carbonyl (C=O) groups excluding carboxylic acids is 1. The molecular weight excluding hydrogens is 268 g/mol. The van der Waals surface area contributed by atoms with Gasteiger partial charge in [0.15, 0.2) is 5.13 Å². The third-order valence-corrected chi connectivity index (χ3v) is 4.98. The SMILES string of the molecule is Cc1ccc2nc(NC(=O)CCC3CCCC3)sc2c1. The van der Waals surface area contributed by atoms with Crippen LogP contribution >= 0.6 is 11.3 Å². The summed E-state index contributed by atoms with van der Waals surface area (Å²) in [6.07, 6.45) is 6.92. The minimum Gasteiger partial charge on any atom is -0.302 e. The predicted molar refractivity (Wildman–Crippen MR) is 84.2 cm³/mol. The maximum atomic E-state index is 12.0. The summed E-state index contributed by atoms with van der Waals surface area (Å²) in [5.74, 6) is 0.867. The number of amides is 1. The van der Waals surface area contributed by atoms with Crippen molar-refractivity contribution in [2.24, 2.45) is 5.92 Å². The zero-order valence-electron chi connectivity index (χ0n) is 11.8. The summed E-state index contributed by atoms with van der Waals surface area (Å²) in [7, 11) is 0. The van der Waals surface area contributed by atoms with Gasteiger partial charge in [0.1, 0.15) is 0 Å². The lowest BCUT2D eigenvalue weighted by Crippen LogP contribution is -2.12. The van der Waals surface area contributed by atoms with Crippen molar-refractivity contribution in [2.75, 3.05) is 5.32 Å². The van der Waals surface area contributed by atoms with Crippen LogP contribution in [0.15, 0.2) is 18.2 Å². The maximum absolute atomic E-state index is 12.0. The Morgan fingerprint density at radius 2 is 2.20 bits per heavy atom. The quantitative estimate of drug-likeness (QED) is 0.899. The van der Waals surface area contributed by atoms with Gasteiger partial charge in [0.05, 0.1) is 10.2 Å². The molecule has 1 aliphatic rings. The lowest BCUT2D eigenvalue weighted by molar-refractivity contribution is -0.116. The van der Waals surface area contributed by atoms with Gasteiger partial charge in [-0.25, -0.2) is 4.98 Å². The molecule has 0 bridgehead atoms. The third kappa shape index (κ3) is 3.18. The smallest absolute Gasteiger partial charge is 0.226 e. The standard InChI is InChI=1S/C16H20N2OS/c1-11-6-8-13-14(10-11)20-16(17-13)18-15(19)9-7-12-4-2-3-5-12/h6,8,10,12H,2-5,7,9H2,1H3,(H,17,18,19). The van der Waals surface area contributed by atoms with Gasteiger partial charge in [0.25, 0.3) is 0 Å². The van der Waals surface area contributed by atoms with Crippen LogP contribution < -0.4 is 5.32 Å². The van der Waals surface area contributed by atoms with Crippen molar-refractivity contribution < 1.29 is 4.79 Å². The van der Waals surface area contributed by atoms with Gasteiger partial charge in [-0.05, 0) is 37.0 Å². The van der Waals surface area contributed by atoms with E-state index in [0.29, 0.717) is 6.42 Å². The van der Waals surface area contributed by atoms with Gasteiger partial charge in [0.2, 0.25) is 5.91 Å². The second-order valence-corrected chi connectivity index (χ2v) is 6.76. The van der Waals surface area contributed by atoms with Crippen LogP contribution in [-0.2, 0) is 4.79 Å². The van der Waals surface area contributed by atoms with E-state index in [-0.39, 0.29) is 5.91 Å². The zero-order chi connectivity index (χ0) is 13.9. The van der Waals surface area contributed by atoms with E-state index >= 15 is 0 Å². The van der Waals surface area contributed by atoms with E-state index in [1.807, 2.05) is 12.1 Å². The first-order chi connectivity index (χ1) is 9.70. The van der Waals surface area contributed by atoms with Crippen molar-refractivity contribution in [2.45, 2.75) is 45.4 Å². The molecule has 1 N–H and O–H groups in total. The number of hydrogen-bond acceptors (Lipinski definition) is 3. The molecule has 106 valence electrons. The van der Waals surface area contributed by atoms with Crippen LogP contribution in [-0.4, -0.2) is 10.9 Å². The molecule has 0 aliphatic heterocycles. The molecule has 2 aromatic rings. The number of rotatable bonds is 4. The van der Waals surface area contributed by atoms with Crippen molar-refractivity contribution in [1.29, 1.82) is 0 Å². The molecule has 1 amide bonds. The van der Waals surface area contributed by atoms with Crippen molar-refractivity contribution in [1.82, 2.24) is 4.98 Å². The van der Waals surface area contributed by atoms with Crippen LogP contribution in [0.2, 0.25) is 0 Å². The monoisotopic (exact) mass is 288 g/mol. The molecule has 0 atom stereocenters. The number of benzene rings is 1. The number of anilines is 1. The molecule has 1 aliphatic carbocycles. The molecule has 1 fully saturated rings. The van der Waals surface area contributed by atoms with Crippen LogP contribution in [0.4, 0.5) is 5.13 Å². The number of hydrogen-bond donors (Lipinski definition) is 1. The molecule has 0 unspecified atom stereocenters. The van der Waals surface area contributed by atoms with E-state index in [0.717, 1.165) is 27.7 Å². The third-order valence-electron chi connectivity index (χ3n) is 4.04. The van der Waals surface area contributed by atoms with Crippen molar-refractivity contribution >= 4 is 32.6 Å². The summed E-state index contributed by atoms with van der Waals surface area (Å²) in [6, 6.07) is 6.17.